The molecule has 0 radical (unpaired) electrons. The lowest BCUT2D eigenvalue weighted by atomic mass is 10.2. The first kappa shape index (κ1) is 8.07. The van der Waals surface area contributed by atoms with E-state index in [1.165, 1.54) is 6.20 Å². The van der Waals surface area contributed by atoms with Crippen molar-refractivity contribution >= 4 is 28.5 Å². The number of furan rings is 1. The molecule has 0 aromatic carbocycles. The summed E-state index contributed by atoms with van der Waals surface area (Å²) in [4.78, 5) is 14.3. The van der Waals surface area contributed by atoms with Gasteiger partial charge in [-0.2, -0.15) is 0 Å². The Bertz CT molecular complexity index is 477. The van der Waals surface area contributed by atoms with Crippen LogP contribution in [0.2, 0.25) is 5.22 Å². The summed E-state index contributed by atoms with van der Waals surface area (Å²) >= 11 is 5.57. The number of aromatic nitrogens is 1. The van der Waals surface area contributed by atoms with Crippen molar-refractivity contribution in [3.8, 4) is 0 Å². The van der Waals surface area contributed by atoms with Crippen LogP contribution in [0.4, 0.5) is 0 Å². The van der Waals surface area contributed by atoms with Crippen molar-refractivity contribution in [1.82, 2.24) is 4.98 Å². The highest BCUT2D eigenvalue weighted by molar-refractivity contribution is 6.29. The number of hydrogen-bond acceptors (Lipinski definition) is 3. The van der Waals surface area contributed by atoms with Crippen molar-refractivity contribution in [3.05, 3.63) is 29.2 Å². The number of rotatable bonds is 1. The average Bonchev–Trinajstić information content (AvgIpc) is 2.43. The standard InChI is InChI=1S/C8H4ClNO3/c9-5-3-4-1-2-10-6(8(11)12)7(4)13-5/h1-3H,(H,11,12). The normalized spacial score (nSPS) is 10.5. The summed E-state index contributed by atoms with van der Waals surface area (Å²) in [6.45, 7) is 0. The number of carboxylic acids is 1. The van der Waals surface area contributed by atoms with Crippen LogP contribution in [-0.4, -0.2) is 16.1 Å². The van der Waals surface area contributed by atoms with Gasteiger partial charge in [-0.15, -0.1) is 0 Å². The largest absolute Gasteiger partial charge is 0.476 e. The van der Waals surface area contributed by atoms with Crippen LogP contribution in [-0.2, 0) is 0 Å². The molecule has 2 rings (SSSR count). The zero-order valence-corrected chi connectivity index (χ0v) is 7.08. The number of hydrogen-bond donors (Lipinski definition) is 1. The second kappa shape index (κ2) is 2.74. The molecule has 2 heterocycles. The minimum atomic E-state index is -1.13. The minimum Gasteiger partial charge on any atom is -0.476 e. The molecule has 1 N–H and O–H groups in total. The number of aromatic carboxylic acids is 1. The molecule has 0 aliphatic heterocycles. The van der Waals surface area contributed by atoms with E-state index >= 15 is 0 Å². The van der Waals surface area contributed by atoms with E-state index in [9.17, 15) is 4.79 Å². The molecule has 2 aromatic rings. The first-order valence-corrected chi connectivity index (χ1v) is 3.83. The second-order valence-electron chi connectivity index (χ2n) is 2.43. The summed E-state index contributed by atoms with van der Waals surface area (Å²) in [6.07, 6.45) is 1.40. The number of carboxylic acid groups (broad SMARTS) is 1. The van der Waals surface area contributed by atoms with Gasteiger partial charge in [0, 0.05) is 17.6 Å². The van der Waals surface area contributed by atoms with Crippen LogP contribution in [0.1, 0.15) is 10.5 Å². The van der Waals surface area contributed by atoms with E-state index in [4.69, 9.17) is 21.1 Å². The first-order valence-electron chi connectivity index (χ1n) is 3.46. The van der Waals surface area contributed by atoms with Crippen molar-refractivity contribution in [1.29, 1.82) is 0 Å². The molecule has 0 aliphatic carbocycles. The monoisotopic (exact) mass is 197 g/mol. The van der Waals surface area contributed by atoms with E-state index in [-0.39, 0.29) is 16.5 Å². The molecule has 0 saturated carbocycles. The summed E-state index contributed by atoms with van der Waals surface area (Å²) in [7, 11) is 0. The number of halogens is 1. The zero-order chi connectivity index (χ0) is 9.42. The Balaban J connectivity index is 2.82. The van der Waals surface area contributed by atoms with Gasteiger partial charge in [-0.3, -0.25) is 0 Å². The van der Waals surface area contributed by atoms with Gasteiger partial charge in [-0.05, 0) is 17.7 Å². The van der Waals surface area contributed by atoms with Crippen LogP contribution in [0, 0.1) is 0 Å². The molecule has 13 heavy (non-hydrogen) atoms. The summed E-state index contributed by atoms with van der Waals surface area (Å²) in [5, 5.41) is 9.52. The fourth-order valence-corrected chi connectivity index (χ4v) is 1.28. The Kier molecular flexibility index (Phi) is 1.70. The maximum absolute atomic E-state index is 10.7. The molecule has 0 spiro atoms. The number of pyridine rings is 1. The highest BCUT2D eigenvalue weighted by Gasteiger charge is 2.13. The molecule has 0 atom stereocenters. The van der Waals surface area contributed by atoms with Gasteiger partial charge in [0.25, 0.3) is 0 Å². The predicted molar refractivity (Wildman–Crippen MR) is 46.0 cm³/mol. The molecule has 0 bridgehead atoms. The van der Waals surface area contributed by atoms with Crippen molar-refractivity contribution in [2.75, 3.05) is 0 Å². The fourth-order valence-electron chi connectivity index (χ4n) is 1.09. The van der Waals surface area contributed by atoms with Crippen LogP contribution in [0.25, 0.3) is 11.0 Å². The molecule has 0 fully saturated rings. The SMILES string of the molecule is O=C(O)c1nccc2cc(Cl)oc12. The summed E-state index contributed by atoms with van der Waals surface area (Å²) < 4.78 is 4.98. The molecule has 0 saturated heterocycles. The van der Waals surface area contributed by atoms with E-state index in [2.05, 4.69) is 4.98 Å². The van der Waals surface area contributed by atoms with Crippen LogP contribution >= 0.6 is 11.6 Å². The van der Waals surface area contributed by atoms with Gasteiger partial charge in [0.05, 0.1) is 0 Å². The quantitative estimate of drug-likeness (QED) is 0.761. The molecule has 0 unspecified atom stereocenters. The van der Waals surface area contributed by atoms with Crippen LogP contribution in [0.15, 0.2) is 22.7 Å². The molecule has 5 heteroatoms. The Morgan fingerprint density at radius 1 is 1.62 bits per heavy atom. The van der Waals surface area contributed by atoms with E-state index in [1.807, 2.05) is 0 Å². The zero-order valence-electron chi connectivity index (χ0n) is 6.32. The van der Waals surface area contributed by atoms with Gasteiger partial charge >= 0.3 is 5.97 Å². The Morgan fingerprint density at radius 3 is 3.08 bits per heavy atom. The average molecular weight is 198 g/mol. The van der Waals surface area contributed by atoms with Gasteiger partial charge in [0.2, 0.25) is 0 Å². The third-order valence-electron chi connectivity index (χ3n) is 1.61. The van der Waals surface area contributed by atoms with Gasteiger partial charge in [-0.25, -0.2) is 9.78 Å². The highest BCUT2D eigenvalue weighted by Crippen LogP contribution is 2.24. The summed E-state index contributed by atoms with van der Waals surface area (Å²) in [5.41, 5.74) is 0.0874. The predicted octanol–water partition coefficient (Wildman–Crippen LogP) is 2.18. The number of carbonyl (C=O) groups is 1. The Morgan fingerprint density at radius 2 is 2.38 bits per heavy atom. The maximum atomic E-state index is 10.7. The molecule has 0 amide bonds. The Hall–Kier alpha value is -1.55. The third-order valence-corrected chi connectivity index (χ3v) is 1.79. The minimum absolute atomic E-state index is 0.121. The van der Waals surface area contributed by atoms with Gasteiger partial charge in [0.1, 0.15) is 0 Å². The van der Waals surface area contributed by atoms with Gasteiger partial charge < -0.3 is 9.52 Å². The maximum Gasteiger partial charge on any atom is 0.358 e. The summed E-state index contributed by atoms with van der Waals surface area (Å²) in [5.74, 6) is -1.13. The lowest BCUT2D eigenvalue weighted by Crippen LogP contribution is -1.99. The fraction of sp³-hybridized carbons (Fsp3) is 0. The van der Waals surface area contributed by atoms with E-state index in [1.54, 1.807) is 12.1 Å². The smallest absolute Gasteiger partial charge is 0.358 e. The van der Waals surface area contributed by atoms with Crippen LogP contribution < -0.4 is 0 Å². The van der Waals surface area contributed by atoms with Crippen molar-refractivity contribution in [3.63, 3.8) is 0 Å². The van der Waals surface area contributed by atoms with E-state index in [0.717, 1.165) is 0 Å². The van der Waals surface area contributed by atoms with Crippen LogP contribution in [0.5, 0.6) is 0 Å². The van der Waals surface area contributed by atoms with E-state index in [0.29, 0.717) is 5.39 Å². The van der Waals surface area contributed by atoms with E-state index < -0.39 is 5.97 Å². The van der Waals surface area contributed by atoms with Crippen molar-refractivity contribution in [2.45, 2.75) is 0 Å². The highest BCUT2D eigenvalue weighted by atomic mass is 35.5. The number of nitrogens with zero attached hydrogens (tertiary/aromatic N) is 1. The van der Waals surface area contributed by atoms with Gasteiger partial charge in [-0.1, -0.05) is 0 Å². The Labute approximate surface area is 77.8 Å². The first-order chi connectivity index (χ1) is 6.18. The molecular weight excluding hydrogens is 194 g/mol. The second-order valence-corrected chi connectivity index (χ2v) is 2.81. The van der Waals surface area contributed by atoms with Crippen molar-refractivity contribution in [2.24, 2.45) is 0 Å². The van der Waals surface area contributed by atoms with Crippen LogP contribution in [0.3, 0.4) is 0 Å². The molecule has 66 valence electrons. The lowest BCUT2D eigenvalue weighted by Gasteiger charge is -1.92. The van der Waals surface area contributed by atoms with Crippen molar-refractivity contribution < 1.29 is 14.3 Å². The third kappa shape index (κ3) is 1.25. The van der Waals surface area contributed by atoms with Gasteiger partial charge in [0.15, 0.2) is 16.5 Å². The molecule has 4 nitrogen and oxygen atoms in total. The summed E-state index contributed by atoms with van der Waals surface area (Å²) in [6, 6.07) is 3.18. The molecule has 0 aliphatic rings. The lowest BCUT2D eigenvalue weighted by molar-refractivity contribution is 0.0691. The molecule has 2 aromatic heterocycles. The topological polar surface area (TPSA) is 63.3 Å². The molecular formula is C8H4ClNO3. The number of fused-ring (bicyclic) bond motifs is 1.